The molecule has 4 fully saturated rings. The Balaban J connectivity index is 1.60. The predicted octanol–water partition coefficient (Wildman–Crippen LogP) is 4.16. The monoisotopic (exact) mass is 297 g/mol. The summed E-state index contributed by atoms with van der Waals surface area (Å²) < 4.78 is 0. The van der Waals surface area contributed by atoms with Crippen molar-refractivity contribution >= 4 is 29.2 Å². The van der Waals surface area contributed by atoms with E-state index in [4.69, 9.17) is 23.2 Å². The van der Waals surface area contributed by atoms with Crippen molar-refractivity contribution in [2.75, 3.05) is 5.32 Å². The van der Waals surface area contributed by atoms with Crippen molar-refractivity contribution in [2.45, 2.75) is 44.1 Å². The zero-order chi connectivity index (χ0) is 13.0. The van der Waals surface area contributed by atoms with Crippen molar-refractivity contribution in [1.29, 1.82) is 0 Å². The van der Waals surface area contributed by atoms with Gasteiger partial charge >= 0.3 is 0 Å². The highest BCUT2D eigenvalue weighted by Gasteiger charge is 2.51. The number of nitrogens with one attached hydrogen (secondary N) is 1. The molecule has 5 rings (SSSR count). The lowest BCUT2D eigenvalue weighted by Crippen LogP contribution is -2.55. The van der Waals surface area contributed by atoms with Crippen LogP contribution < -0.4 is 5.32 Å². The van der Waals surface area contributed by atoms with Gasteiger partial charge < -0.3 is 5.32 Å². The molecular formula is C14H17Cl2N3. The molecule has 1 aromatic heterocycles. The molecule has 4 aliphatic rings. The Morgan fingerprint density at radius 1 is 1.05 bits per heavy atom. The second-order valence-corrected chi connectivity index (χ2v) is 7.42. The molecule has 0 spiro atoms. The summed E-state index contributed by atoms with van der Waals surface area (Å²) in [6.45, 7) is 0. The molecule has 0 aliphatic heterocycles. The third-order valence-corrected chi connectivity index (χ3v) is 5.78. The summed E-state index contributed by atoms with van der Waals surface area (Å²) >= 11 is 11.8. The van der Waals surface area contributed by atoms with Gasteiger partial charge in [-0.1, -0.05) is 23.2 Å². The minimum Gasteiger partial charge on any atom is -0.349 e. The second-order valence-electron chi connectivity index (χ2n) is 6.66. The molecule has 0 unspecified atom stereocenters. The Morgan fingerprint density at radius 3 is 2.16 bits per heavy atom. The van der Waals surface area contributed by atoms with Crippen LogP contribution in [0.2, 0.25) is 10.2 Å². The van der Waals surface area contributed by atoms with Crippen LogP contribution in [-0.2, 0) is 0 Å². The van der Waals surface area contributed by atoms with E-state index in [0.29, 0.717) is 16.1 Å². The first-order valence-corrected chi connectivity index (χ1v) is 7.84. The van der Waals surface area contributed by atoms with Gasteiger partial charge in [0.1, 0.15) is 0 Å². The van der Waals surface area contributed by atoms with Crippen molar-refractivity contribution in [3.8, 4) is 0 Å². The third kappa shape index (κ3) is 2.11. The minimum atomic E-state index is 0.214. The van der Waals surface area contributed by atoms with Crippen LogP contribution in [0.1, 0.15) is 38.5 Å². The van der Waals surface area contributed by atoms with E-state index < -0.39 is 0 Å². The highest BCUT2D eigenvalue weighted by Crippen LogP contribution is 2.56. The van der Waals surface area contributed by atoms with E-state index in [1.54, 1.807) is 6.20 Å². The number of rotatable bonds is 2. The summed E-state index contributed by atoms with van der Waals surface area (Å²) in [5.41, 5.74) is 0.214. The Bertz CT molecular complexity index is 482. The van der Waals surface area contributed by atoms with Crippen molar-refractivity contribution in [3.63, 3.8) is 0 Å². The van der Waals surface area contributed by atoms with Crippen LogP contribution >= 0.6 is 23.2 Å². The molecule has 0 saturated heterocycles. The van der Waals surface area contributed by atoms with Crippen molar-refractivity contribution in [3.05, 3.63) is 16.4 Å². The van der Waals surface area contributed by atoms with E-state index in [9.17, 15) is 0 Å². The molecular weight excluding hydrogens is 281 g/mol. The van der Waals surface area contributed by atoms with Gasteiger partial charge in [0.25, 0.3) is 0 Å². The molecule has 102 valence electrons. The topological polar surface area (TPSA) is 37.8 Å². The van der Waals surface area contributed by atoms with E-state index >= 15 is 0 Å². The van der Waals surface area contributed by atoms with Gasteiger partial charge in [-0.25, -0.2) is 4.98 Å². The molecule has 0 aromatic carbocycles. The first-order chi connectivity index (χ1) is 9.12. The fourth-order valence-corrected chi connectivity index (χ4v) is 5.13. The first-order valence-electron chi connectivity index (χ1n) is 7.08. The molecule has 4 saturated carbocycles. The molecule has 1 heterocycles. The highest BCUT2D eigenvalue weighted by atomic mass is 35.5. The minimum absolute atomic E-state index is 0.214. The van der Waals surface area contributed by atoms with Gasteiger partial charge in [0.2, 0.25) is 5.95 Å². The molecule has 0 radical (unpaired) electrons. The van der Waals surface area contributed by atoms with Gasteiger partial charge in [-0.05, 0) is 56.3 Å². The second kappa shape index (κ2) is 4.23. The Labute approximate surface area is 123 Å². The van der Waals surface area contributed by atoms with E-state index in [1.807, 2.05) is 0 Å². The van der Waals surface area contributed by atoms with Gasteiger partial charge in [-0.3, -0.25) is 0 Å². The maximum atomic E-state index is 5.98. The van der Waals surface area contributed by atoms with Crippen molar-refractivity contribution < 1.29 is 0 Å². The van der Waals surface area contributed by atoms with E-state index in [1.165, 1.54) is 38.5 Å². The van der Waals surface area contributed by atoms with Gasteiger partial charge in [-0.15, -0.1) is 0 Å². The van der Waals surface area contributed by atoms with E-state index in [0.717, 1.165) is 17.8 Å². The van der Waals surface area contributed by atoms with Gasteiger partial charge in [0.05, 0.1) is 11.2 Å². The Morgan fingerprint density at radius 2 is 1.63 bits per heavy atom. The fraction of sp³-hybridized carbons (Fsp3) is 0.714. The van der Waals surface area contributed by atoms with Crippen LogP contribution in [0.5, 0.6) is 0 Å². The summed E-state index contributed by atoms with van der Waals surface area (Å²) in [5.74, 6) is 3.35. The normalized spacial score (nSPS) is 39.6. The lowest BCUT2D eigenvalue weighted by molar-refractivity contribution is 0.0103. The van der Waals surface area contributed by atoms with Crippen LogP contribution in [-0.4, -0.2) is 15.5 Å². The number of anilines is 1. The van der Waals surface area contributed by atoms with Gasteiger partial charge in [0.15, 0.2) is 5.15 Å². The van der Waals surface area contributed by atoms with Crippen LogP contribution in [0.4, 0.5) is 5.95 Å². The average Bonchev–Trinajstić information content (AvgIpc) is 2.31. The molecule has 3 nitrogen and oxygen atoms in total. The molecule has 4 bridgehead atoms. The van der Waals surface area contributed by atoms with Crippen LogP contribution in [0.3, 0.4) is 0 Å². The Hall–Kier alpha value is -0.540. The van der Waals surface area contributed by atoms with Gasteiger partial charge in [0, 0.05) is 5.54 Å². The number of aromatic nitrogens is 2. The zero-order valence-corrected chi connectivity index (χ0v) is 12.2. The van der Waals surface area contributed by atoms with Gasteiger partial charge in [-0.2, -0.15) is 4.98 Å². The zero-order valence-electron chi connectivity index (χ0n) is 10.7. The summed E-state index contributed by atoms with van der Waals surface area (Å²) in [5, 5.41) is 4.34. The van der Waals surface area contributed by atoms with Crippen molar-refractivity contribution in [1.82, 2.24) is 9.97 Å². The number of nitrogens with zero attached hydrogens (tertiary/aromatic N) is 2. The summed E-state index contributed by atoms with van der Waals surface area (Å²) in [7, 11) is 0. The molecule has 5 heteroatoms. The third-order valence-electron chi connectivity index (χ3n) is 5.12. The number of hydrogen-bond donors (Lipinski definition) is 1. The summed E-state index contributed by atoms with van der Waals surface area (Å²) in [6, 6.07) is 0. The molecule has 1 N–H and O–H groups in total. The average molecular weight is 298 g/mol. The molecule has 4 aliphatic carbocycles. The lowest BCUT2D eigenvalue weighted by atomic mass is 9.53. The summed E-state index contributed by atoms with van der Waals surface area (Å²) in [6.07, 6.45) is 9.68. The van der Waals surface area contributed by atoms with E-state index in [2.05, 4.69) is 15.3 Å². The SMILES string of the molecule is Clc1cnc(NC23CC4CC(CC(C4)C2)C3)nc1Cl. The number of hydrogen-bond acceptors (Lipinski definition) is 3. The van der Waals surface area contributed by atoms with Crippen LogP contribution in [0.15, 0.2) is 6.20 Å². The highest BCUT2D eigenvalue weighted by molar-refractivity contribution is 6.41. The maximum Gasteiger partial charge on any atom is 0.224 e. The Kier molecular flexibility index (Phi) is 2.72. The fourth-order valence-electron chi connectivity index (χ4n) is 4.91. The predicted molar refractivity (Wildman–Crippen MR) is 76.6 cm³/mol. The molecule has 19 heavy (non-hydrogen) atoms. The quantitative estimate of drug-likeness (QED) is 0.833. The first kappa shape index (κ1) is 12.2. The molecule has 0 amide bonds. The van der Waals surface area contributed by atoms with Crippen LogP contribution in [0, 0.1) is 17.8 Å². The maximum absolute atomic E-state index is 5.98. The lowest BCUT2D eigenvalue weighted by Gasteiger charge is -2.56. The molecule has 1 aromatic rings. The van der Waals surface area contributed by atoms with Crippen molar-refractivity contribution in [2.24, 2.45) is 17.8 Å². The standard InChI is InChI=1S/C14H17Cl2N3/c15-11-7-17-13(18-12(11)16)19-14-4-8-1-9(5-14)3-10(2-8)6-14/h7-10H,1-6H2,(H,17,18,19). The smallest absolute Gasteiger partial charge is 0.224 e. The largest absolute Gasteiger partial charge is 0.349 e. The summed E-state index contributed by atoms with van der Waals surface area (Å²) in [4.78, 5) is 8.54. The van der Waals surface area contributed by atoms with E-state index in [-0.39, 0.29) is 5.54 Å². The van der Waals surface area contributed by atoms with Crippen LogP contribution in [0.25, 0.3) is 0 Å². The molecule has 0 atom stereocenters. The number of halogens is 2.